The molecule has 3 heteroatoms. The highest BCUT2D eigenvalue weighted by Crippen LogP contribution is 2.31. The zero-order valence-corrected chi connectivity index (χ0v) is 10.5. The van der Waals surface area contributed by atoms with Gasteiger partial charge in [0.05, 0.1) is 6.04 Å². The maximum atomic E-state index is 5.61. The number of rotatable bonds is 2. The predicted molar refractivity (Wildman–Crippen MR) is 70.8 cm³/mol. The number of aliphatic imine (C=N–C) groups is 1. The minimum atomic E-state index is -0.0554. The van der Waals surface area contributed by atoms with Crippen molar-refractivity contribution in [2.45, 2.75) is 32.9 Å². The monoisotopic (exact) mass is 230 g/mol. The molecule has 0 aliphatic carbocycles. The average molecular weight is 230 g/mol. The van der Waals surface area contributed by atoms with E-state index in [-0.39, 0.29) is 12.1 Å². The lowest BCUT2D eigenvalue weighted by atomic mass is 9.95. The molecule has 2 atom stereocenters. The Bertz CT molecular complexity index is 477. The summed E-state index contributed by atoms with van der Waals surface area (Å²) in [5, 5.41) is 0. The molecular weight excluding hydrogens is 212 g/mol. The summed E-state index contributed by atoms with van der Waals surface area (Å²) in [4.78, 5) is 4.22. The van der Waals surface area contributed by atoms with Gasteiger partial charge in [0.15, 0.2) is 0 Å². The third kappa shape index (κ3) is 2.18. The Morgan fingerprint density at radius 1 is 1.41 bits per heavy atom. The van der Waals surface area contributed by atoms with E-state index in [0.29, 0.717) is 6.02 Å². The summed E-state index contributed by atoms with van der Waals surface area (Å²) in [7, 11) is 0. The third-order valence-electron chi connectivity index (χ3n) is 3.09. The fourth-order valence-corrected chi connectivity index (χ4v) is 2.19. The normalized spacial score (nSPS) is 23.8. The van der Waals surface area contributed by atoms with Crippen LogP contribution in [0.5, 0.6) is 0 Å². The number of amidine groups is 1. The molecule has 1 aliphatic heterocycles. The predicted octanol–water partition coefficient (Wildman–Crippen LogP) is 2.80. The maximum Gasteiger partial charge on any atom is 0.283 e. The van der Waals surface area contributed by atoms with Gasteiger partial charge in [-0.05, 0) is 37.5 Å². The van der Waals surface area contributed by atoms with Crippen molar-refractivity contribution in [2.75, 3.05) is 0 Å². The number of hydrogen-bond acceptors (Lipinski definition) is 3. The van der Waals surface area contributed by atoms with Crippen LogP contribution >= 0.6 is 0 Å². The van der Waals surface area contributed by atoms with Gasteiger partial charge in [0.25, 0.3) is 6.02 Å². The second kappa shape index (κ2) is 4.62. The van der Waals surface area contributed by atoms with E-state index in [9.17, 15) is 0 Å². The Morgan fingerprint density at radius 3 is 2.76 bits per heavy atom. The Morgan fingerprint density at radius 2 is 2.18 bits per heavy atom. The van der Waals surface area contributed by atoms with Crippen molar-refractivity contribution in [1.29, 1.82) is 0 Å². The molecule has 2 rings (SSSR count). The number of benzene rings is 1. The SMILES string of the molecule is C/C=C\c1cccc(C2OC(N)=NC2C)c1C. The molecule has 0 amide bonds. The van der Waals surface area contributed by atoms with Crippen LogP contribution < -0.4 is 5.73 Å². The number of ether oxygens (including phenoxy) is 1. The Labute approximate surface area is 102 Å². The van der Waals surface area contributed by atoms with Crippen LogP contribution in [0, 0.1) is 6.92 Å². The van der Waals surface area contributed by atoms with Crippen molar-refractivity contribution in [2.24, 2.45) is 10.7 Å². The molecule has 1 heterocycles. The first kappa shape index (κ1) is 11.7. The van der Waals surface area contributed by atoms with Gasteiger partial charge in [-0.3, -0.25) is 0 Å². The molecule has 0 radical (unpaired) electrons. The van der Waals surface area contributed by atoms with E-state index in [4.69, 9.17) is 10.5 Å². The van der Waals surface area contributed by atoms with Gasteiger partial charge in [-0.1, -0.05) is 30.4 Å². The summed E-state index contributed by atoms with van der Waals surface area (Å²) in [6.07, 6.45) is 4.08. The first-order valence-corrected chi connectivity index (χ1v) is 5.85. The van der Waals surface area contributed by atoms with E-state index >= 15 is 0 Å². The number of nitrogens with two attached hydrogens (primary N) is 1. The van der Waals surface area contributed by atoms with Gasteiger partial charge in [-0.2, -0.15) is 0 Å². The zero-order valence-electron chi connectivity index (χ0n) is 10.5. The lowest BCUT2D eigenvalue weighted by Gasteiger charge is -2.18. The van der Waals surface area contributed by atoms with Crippen LogP contribution in [0.1, 0.15) is 36.6 Å². The van der Waals surface area contributed by atoms with Crippen molar-refractivity contribution in [3.63, 3.8) is 0 Å². The molecule has 3 nitrogen and oxygen atoms in total. The third-order valence-corrected chi connectivity index (χ3v) is 3.09. The lowest BCUT2D eigenvalue weighted by Crippen LogP contribution is -2.15. The van der Waals surface area contributed by atoms with Gasteiger partial charge in [-0.15, -0.1) is 0 Å². The summed E-state index contributed by atoms with van der Waals surface area (Å²) < 4.78 is 5.58. The van der Waals surface area contributed by atoms with E-state index < -0.39 is 0 Å². The molecule has 0 fully saturated rings. The molecule has 0 saturated heterocycles. The molecule has 1 aromatic rings. The summed E-state index contributed by atoms with van der Waals surface area (Å²) in [5.41, 5.74) is 9.22. The van der Waals surface area contributed by atoms with Crippen LogP contribution in [0.3, 0.4) is 0 Å². The summed E-state index contributed by atoms with van der Waals surface area (Å²) >= 11 is 0. The molecular formula is C14H18N2O. The highest BCUT2D eigenvalue weighted by Gasteiger charge is 2.28. The molecule has 0 aromatic heterocycles. The van der Waals surface area contributed by atoms with Crippen LogP contribution in [0.25, 0.3) is 6.08 Å². The number of allylic oxidation sites excluding steroid dienone is 1. The van der Waals surface area contributed by atoms with E-state index in [1.807, 2.05) is 26.0 Å². The number of hydrogen-bond donors (Lipinski definition) is 1. The minimum absolute atomic E-state index is 0.0554. The van der Waals surface area contributed by atoms with Crippen LogP contribution in [0.4, 0.5) is 0 Å². The van der Waals surface area contributed by atoms with Crippen molar-refractivity contribution in [3.05, 3.63) is 41.0 Å². The van der Waals surface area contributed by atoms with Crippen LogP contribution in [-0.4, -0.2) is 12.1 Å². The number of nitrogens with zero attached hydrogens (tertiary/aromatic N) is 1. The molecule has 1 aliphatic rings. The van der Waals surface area contributed by atoms with Crippen molar-refractivity contribution in [1.82, 2.24) is 0 Å². The Balaban J connectivity index is 2.37. The molecule has 1 aromatic carbocycles. The second-order valence-corrected chi connectivity index (χ2v) is 4.31. The molecule has 0 bridgehead atoms. The minimum Gasteiger partial charge on any atom is -0.455 e. The quantitative estimate of drug-likeness (QED) is 0.849. The smallest absolute Gasteiger partial charge is 0.283 e. The van der Waals surface area contributed by atoms with E-state index in [0.717, 1.165) is 5.56 Å². The van der Waals surface area contributed by atoms with Crippen molar-refractivity contribution >= 4 is 12.1 Å². The highest BCUT2D eigenvalue weighted by atomic mass is 16.5. The van der Waals surface area contributed by atoms with Crippen LogP contribution in [0.15, 0.2) is 29.3 Å². The molecule has 2 N–H and O–H groups in total. The zero-order chi connectivity index (χ0) is 12.4. The molecule has 0 saturated carbocycles. The Hall–Kier alpha value is -1.77. The lowest BCUT2D eigenvalue weighted by molar-refractivity contribution is 0.198. The van der Waals surface area contributed by atoms with Gasteiger partial charge in [0.1, 0.15) is 6.10 Å². The molecule has 17 heavy (non-hydrogen) atoms. The average Bonchev–Trinajstić information content (AvgIpc) is 2.61. The first-order chi connectivity index (χ1) is 8.13. The second-order valence-electron chi connectivity index (χ2n) is 4.31. The fourth-order valence-electron chi connectivity index (χ4n) is 2.19. The topological polar surface area (TPSA) is 47.6 Å². The van der Waals surface area contributed by atoms with Gasteiger partial charge in [-0.25, -0.2) is 4.99 Å². The molecule has 2 unspecified atom stereocenters. The molecule has 0 spiro atoms. The van der Waals surface area contributed by atoms with Crippen molar-refractivity contribution in [3.8, 4) is 0 Å². The summed E-state index contributed by atoms with van der Waals surface area (Å²) in [6, 6.07) is 6.59. The Kier molecular flexibility index (Phi) is 3.18. The van der Waals surface area contributed by atoms with E-state index in [2.05, 4.69) is 30.1 Å². The van der Waals surface area contributed by atoms with E-state index in [1.165, 1.54) is 11.1 Å². The van der Waals surface area contributed by atoms with Gasteiger partial charge in [0, 0.05) is 0 Å². The van der Waals surface area contributed by atoms with Gasteiger partial charge >= 0.3 is 0 Å². The largest absolute Gasteiger partial charge is 0.455 e. The fraction of sp³-hybridized carbons (Fsp3) is 0.357. The first-order valence-electron chi connectivity index (χ1n) is 5.85. The maximum absolute atomic E-state index is 5.61. The standard InChI is InChI=1S/C14H18N2O/c1-4-6-11-7-5-8-12(9(11)2)13-10(3)16-14(15)17-13/h4-8,10,13H,1-3H3,(H2,15,16)/b6-4-. The van der Waals surface area contributed by atoms with Crippen LogP contribution in [0.2, 0.25) is 0 Å². The highest BCUT2D eigenvalue weighted by molar-refractivity contribution is 5.74. The van der Waals surface area contributed by atoms with E-state index in [1.54, 1.807) is 0 Å². The summed E-state index contributed by atoms with van der Waals surface area (Å²) in [6.45, 7) is 6.14. The molecule has 90 valence electrons. The van der Waals surface area contributed by atoms with Gasteiger partial charge < -0.3 is 10.5 Å². The summed E-state index contributed by atoms with van der Waals surface area (Å²) in [5.74, 6) is 0. The van der Waals surface area contributed by atoms with Gasteiger partial charge in [0.2, 0.25) is 0 Å². The van der Waals surface area contributed by atoms with Crippen molar-refractivity contribution < 1.29 is 4.74 Å². The van der Waals surface area contributed by atoms with Crippen LogP contribution in [-0.2, 0) is 4.74 Å².